The summed E-state index contributed by atoms with van der Waals surface area (Å²) in [5, 5.41) is 2.71. The Kier molecular flexibility index (Phi) is 4.29. The number of carbonyl (C=O) groups excluding carboxylic acids is 1. The first-order valence-corrected chi connectivity index (χ1v) is 5.64. The molecule has 100 valence electrons. The molecule has 0 aromatic heterocycles. The first-order chi connectivity index (χ1) is 8.26. The van der Waals surface area contributed by atoms with Gasteiger partial charge in [0.15, 0.2) is 0 Å². The van der Waals surface area contributed by atoms with E-state index in [2.05, 4.69) is 5.32 Å². The Morgan fingerprint density at radius 1 is 1.50 bits per heavy atom. The van der Waals surface area contributed by atoms with E-state index in [0.717, 1.165) is 0 Å². The van der Waals surface area contributed by atoms with Crippen molar-refractivity contribution < 1.29 is 13.9 Å². The van der Waals surface area contributed by atoms with Crippen LogP contribution in [0.2, 0.25) is 0 Å². The second-order valence-electron chi connectivity index (χ2n) is 4.97. The number of benzene rings is 1. The van der Waals surface area contributed by atoms with Crippen LogP contribution in [-0.4, -0.2) is 25.2 Å². The van der Waals surface area contributed by atoms with Crippen molar-refractivity contribution in [3.8, 4) is 0 Å². The zero-order valence-corrected chi connectivity index (χ0v) is 11.1. The predicted molar refractivity (Wildman–Crippen MR) is 69.0 cm³/mol. The Hall–Kier alpha value is -1.62. The fourth-order valence-electron chi connectivity index (χ4n) is 1.73. The van der Waals surface area contributed by atoms with Crippen molar-refractivity contribution in [2.45, 2.75) is 26.3 Å². The third-order valence-electron chi connectivity index (χ3n) is 2.48. The zero-order valence-electron chi connectivity index (χ0n) is 11.1. The van der Waals surface area contributed by atoms with Crippen molar-refractivity contribution >= 4 is 11.6 Å². The highest BCUT2D eigenvalue weighted by atomic mass is 19.1. The Morgan fingerprint density at radius 3 is 2.67 bits per heavy atom. The number of halogens is 1. The predicted octanol–water partition coefficient (Wildman–Crippen LogP) is 1.87. The Bertz CT molecular complexity index is 459. The molecule has 1 amide bonds. The van der Waals surface area contributed by atoms with Gasteiger partial charge < -0.3 is 15.8 Å². The molecular weight excluding hydrogens is 235 g/mol. The second-order valence-corrected chi connectivity index (χ2v) is 4.97. The fourth-order valence-corrected chi connectivity index (χ4v) is 1.73. The van der Waals surface area contributed by atoms with Gasteiger partial charge in [0.2, 0.25) is 0 Å². The number of nitrogens with two attached hydrogens (primary N) is 1. The fraction of sp³-hybridized carbons (Fsp3) is 0.462. The number of ether oxygens (including phenoxy) is 1. The van der Waals surface area contributed by atoms with Crippen LogP contribution in [0, 0.1) is 12.7 Å². The minimum Gasteiger partial charge on any atom is -0.399 e. The molecule has 0 saturated carbocycles. The number of methoxy groups -OCH3 is 1. The van der Waals surface area contributed by atoms with Gasteiger partial charge in [-0.25, -0.2) is 4.39 Å². The summed E-state index contributed by atoms with van der Waals surface area (Å²) in [5.74, 6) is -1.04. The van der Waals surface area contributed by atoms with E-state index in [1.807, 2.05) is 0 Å². The molecule has 1 aromatic rings. The van der Waals surface area contributed by atoms with E-state index < -0.39 is 17.3 Å². The van der Waals surface area contributed by atoms with Gasteiger partial charge in [-0.05, 0) is 38.5 Å². The average molecular weight is 254 g/mol. The molecule has 0 aliphatic carbocycles. The number of nitrogen functional groups attached to an aromatic ring is 1. The van der Waals surface area contributed by atoms with Crippen molar-refractivity contribution in [2.75, 3.05) is 19.5 Å². The molecule has 0 radical (unpaired) electrons. The van der Waals surface area contributed by atoms with E-state index >= 15 is 0 Å². The SMILES string of the molecule is COCC(C)(C)NC(=O)c1cc(N)cc(C)c1F. The van der Waals surface area contributed by atoms with E-state index in [1.165, 1.54) is 12.1 Å². The van der Waals surface area contributed by atoms with Crippen molar-refractivity contribution in [3.05, 3.63) is 29.1 Å². The van der Waals surface area contributed by atoms with E-state index in [9.17, 15) is 9.18 Å². The number of hydrogen-bond donors (Lipinski definition) is 2. The van der Waals surface area contributed by atoms with Crippen molar-refractivity contribution in [2.24, 2.45) is 0 Å². The van der Waals surface area contributed by atoms with Gasteiger partial charge in [0.25, 0.3) is 5.91 Å². The Balaban J connectivity index is 2.98. The highest BCUT2D eigenvalue weighted by Gasteiger charge is 2.23. The van der Waals surface area contributed by atoms with Crippen LogP contribution in [0.15, 0.2) is 12.1 Å². The molecule has 18 heavy (non-hydrogen) atoms. The molecular formula is C13H19FN2O2. The minimum atomic E-state index is -0.573. The molecule has 1 aromatic carbocycles. The van der Waals surface area contributed by atoms with Crippen molar-refractivity contribution in [1.29, 1.82) is 0 Å². The molecule has 0 spiro atoms. The Morgan fingerprint density at radius 2 is 2.11 bits per heavy atom. The monoisotopic (exact) mass is 254 g/mol. The van der Waals surface area contributed by atoms with Crippen LogP contribution in [0.4, 0.5) is 10.1 Å². The summed E-state index contributed by atoms with van der Waals surface area (Å²) in [6.07, 6.45) is 0. The lowest BCUT2D eigenvalue weighted by atomic mass is 10.0. The molecule has 0 heterocycles. The van der Waals surface area contributed by atoms with E-state index in [1.54, 1.807) is 27.9 Å². The molecule has 0 atom stereocenters. The molecule has 0 saturated heterocycles. The summed E-state index contributed by atoms with van der Waals surface area (Å²) >= 11 is 0. The standard InChI is InChI=1S/C13H19FN2O2/c1-8-5-9(15)6-10(11(8)14)12(17)16-13(2,3)7-18-4/h5-6H,7,15H2,1-4H3,(H,16,17). The maximum atomic E-state index is 13.8. The van der Waals surface area contributed by atoms with Gasteiger partial charge in [-0.2, -0.15) is 0 Å². The average Bonchev–Trinajstić information content (AvgIpc) is 2.22. The molecule has 0 fully saturated rings. The number of nitrogens with one attached hydrogen (secondary N) is 1. The number of aryl methyl sites for hydroxylation is 1. The lowest BCUT2D eigenvalue weighted by Gasteiger charge is -2.25. The van der Waals surface area contributed by atoms with E-state index in [4.69, 9.17) is 10.5 Å². The Labute approximate surface area is 106 Å². The van der Waals surface area contributed by atoms with Crippen LogP contribution in [0.1, 0.15) is 29.8 Å². The first kappa shape index (κ1) is 14.4. The maximum absolute atomic E-state index is 13.8. The van der Waals surface area contributed by atoms with Crippen LogP contribution < -0.4 is 11.1 Å². The molecule has 3 N–H and O–H groups in total. The van der Waals surface area contributed by atoms with Crippen LogP contribution in [0.5, 0.6) is 0 Å². The topological polar surface area (TPSA) is 64.3 Å². The summed E-state index contributed by atoms with van der Waals surface area (Å²) in [6.45, 7) is 5.50. The summed E-state index contributed by atoms with van der Waals surface area (Å²) in [4.78, 5) is 12.0. The van der Waals surface area contributed by atoms with E-state index in [0.29, 0.717) is 17.9 Å². The summed E-state index contributed by atoms with van der Waals surface area (Å²) in [7, 11) is 1.54. The van der Waals surface area contributed by atoms with Crippen LogP contribution >= 0.6 is 0 Å². The van der Waals surface area contributed by atoms with Crippen molar-refractivity contribution in [3.63, 3.8) is 0 Å². The van der Waals surface area contributed by atoms with Crippen LogP contribution in [0.25, 0.3) is 0 Å². The number of hydrogen-bond acceptors (Lipinski definition) is 3. The largest absolute Gasteiger partial charge is 0.399 e. The van der Waals surface area contributed by atoms with Gasteiger partial charge >= 0.3 is 0 Å². The van der Waals surface area contributed by atoms with Gasteiger partial charge in [0, 0.05) is 12.8 Å². The lowest BCUT2D eigenvalue weighted by Crippen LogP contribution is -2.47. The van der Waals surface area contributed by atoms with E-state index in [-0.39, 0.29) is 5.56 Å². The minimum absolute atomic E-state index is 0.0447. The summed E-state index contributed by atoms with van der Waals surface area (Å²) in [5.41, 5.74) is 5.72. The highest BCUT2D eigenvalue weighted by molar-refractivity contribution is 5.96. The summed E-state index contributed by atoms with van der Waals surface area (Å²) < 4.78 is 18.8. The molecule has 4 nitrogen and oxygen atoms in total. The zero-order chi connectivity index (χ0) is 13.9. The molecule has 1 rings (SSSR count). The quantitative estimate of drug-likeness (QED) is 0.806. The van der Waals surface area contributed by atoms with Crippen LogP contribution in [-0.2, 0) is 4.74 Å². The van der Waals surface area contributed by atoms with Gasteiger partial charge in [-0.15, -0.1) is 0 Å². The van der Waals surface area contributed by atoms with Gasteiger partial charge in [0.1, 0.15) is 5.82 Å². The first-order valence-electron chi connectivity index (χ1n) is 5.64. The molecule has 5 heteroatoms. The molecule has 0 bridgehead atoms. The number of anilines is 1. The van der Waals surface area contributed by atoms with Gasteiger partial charge in [-0.1, -0.05) is 0 Å². The van der Waals surface area contributed by atoms with Gasteiger partial charge in [-0.3, -0.25) is 4.79 Å². The molecule has 0 unspecified atom stereocenters. The molecule has 0 aliphatic rings. The summed E-state index contributed by atoms with van der Waals surface area (Å²) in [6, 6.07) is 2.83. The number of rotatable bonds is 4. The normalized spacial score (nSPS) is 11.4. The number of carbonyl (C=O) groups is 1. The molecule has 0 aliphatic heterocycles. The van der Waals surface area contributed by atoms with Crippen LogP contribution in [0.3, 0.4) is 0 Å². The third kappa shape index (κ3) is 3.43. The maximum Gasteiger partial charge on any atom is 0.254 e. The number of amides is 1. The highest BCUT2D eigenvalue weighted by Crippen LogP contribution is 2.18. The second kappa shape index (κ2) is 5.35. The van der Waals surface area contributed by atoms with Gasteiger partial charge in [0.05, 0.1) is 17.7 Å². The lowest BCUT2D eigenvalue weighted by molar-refractivity contribution is 0.0816. The third-order valence-corrected chi connectivity index (χ3v) is 2.48. The van der Waals surface area contributed by atoms with Crippen molar-refractivity contribution in [1.82, 2.24) is 5.32 Å². The smallest absolute Gasteiger partial charge is 0.254 e.